The molecule has 0 spiro atoms. The number of aryl methyl sites for hydroxylation is 1. The van der Waals surface area contributed by atoms with E-state index in [0.717, 1.165) is 17.0 Å². The van der Waals surface area contributed by atoms with E-state index in [1.54, 1.807) is 36.4 Å². The van der Waals surface area contributed by atoms with Crippen LogP contribution in [0.25, 0.3) is 11.3 Å². The van der Waals surface area contributed by atoms with Crippen LogP contribution in [-0.2, 0) is 0 Å². The summed E-state index contributed by atoms with van der Waals surface area (Å²) in [5, 5.41) is 0. The molecule has 0 N–H and O–H groups in total. The van der Waals surface area contributed by atoms with Gasteiger partial charge < -0.3 is 0 Å². The van der Waals surface area contributed by atoms with Crippen LogP contribution in [0.1, 0.15) is 26.4 Å². The highest BCUT2D eigenvalue weighted by Crippen LogP contribution is 2.29. The topological polar surface area (TPSA) is 50.3 Å². The maximum atomic E-state index is 12.5. The second-order valence-electron chi connectivity index (χ2n) is 5.70. The van der Waals surface area contributed by atoms with Crippen LogP contribution in [0.5, 0.6) is 0 Å². The largest absolute Gasteiger partial charge is 0.268 e. The maximum Gasteiger partial charge on any atom is 0.266 e. The van der Waals surface area contributed by atoms with Crippen molar-refractivity contribution in [1.82, 2.24) is 4.98 Å². The van der Waals surface area contributed by atoms with E-state index < -0.39 is 0 Å². The minimum atomic E-state index is -0.281. The molecule has 0 saturated carbocycles. The second-order valence-corrected chi connectivity index (χ2v) is 5.70. The molecule has 1 aliphatic heterocycles. The Hall–Kier alpha value is -3.27. The van der Waals surface area contributed by atoms with Crippen LogP contribution in [-0.4, -0.2) is 16.8 Å². The van der Waals surface area contributed by atoms with Crippen LogP contribution >= 0.6 is 0 Å². The Morgan fingerprint density at radius 2 is 1.38 bits per heavy atom. The first-order chi connectivity index (χ1) is 11.6. The molecule has 0 bridgehead atoms. The van der Waals surface area contributed by atoms with E-state index in [-0.39, 0.29) is 11.8 Å². The van der Waals surface area contributed by atoms with Crippen LogP contribution in [0.15, 0.2) is 66.7 Å². The Balaban J connectivity index is 1.69. The molecule has 24 heavy (non-hydrogen) atoms. The molecule has 0 atom stereocenters. The van der Waals surface area contributed by atoms with Crippen LogP contribution in [0.2, 0.25) is 0 Å². The smallest absolute Gasteiger partial charge is 0.266 e. The summed E-state index contributed by atoms with van der Waals surface area (Å²) in [6.45, 7) is 1.94. The minimum Gasteiger partial charge on any atom is -0.268 e. The third kappa shape index (κ3) is 2.20. The average Bonchev–Trinajstić information content (AvgIpc) is 2.87. The molecule has 0 aliphatic carbocycles. The highest BCUT2D eigenvalue weighted by molar-refractivity contribution is 6.34. The number of pyridine rings is 1. The van der Waals surface area contributed by atoms with Gasteiger partial charge in [0.15, 0.2) is 0 Å². The van der Waals surface area contributed by atoms with Gasteiger partial charge in [-0.2, -0.15) is 0 Å². The lowest BCUT2D eigenvalue weighted by Crippen LogP contribution is -2.29. The van der Waals surface area contributed by atoms with Gasteiger partial charge in [-0.15, -0.1) is 0 Å². The predicted molar refractivity (Wildman–Crippen MR) is 92.0 cm³/mol. The molecule has 2 heterocycles. The normalized spacial score (nSPS) is 13.3. The summed E-state index contributed by atoms with van der Waals surface area (Å²) in [6, 6.07) is 20.0. The van der Waals surface area contributed by atoms with Gasteiger partial charge in [0.05, 0.1) is 22.5 Å². The van der Waals surface area contributed by atoms with Gasteiger partial charge in [-0.25, -0.2) is 4.90 Å². The molecule has 1 aromatic heterocycles. The Labute approximate surface area is 139 Å². The van der Waals surface area contributed by atoms with E-state index in [1.807, 2.05) is 37.3 Å². The summed E-state index contributed by atoms with van der Waals surface area (Å²) in [5.74, 6) is -0.561. The van der Waals surface area contributed by atoms with Gasteiger partial charge in [0, 0.05) is 11.3 Å². The van der Waals surface area contributed by atoms with Crippen molar-refractivity contribution in [3.8, 4) is 11.3 Å². The number of benzene rings is 2. The van der Waals surface area contributed by atoms with Crippen molar-refractivity contribution < 1.29 is 9.59 Å². The molecule has 0 saturated heterocycles. The summed E-state index contributed by atoms with van der Waals surface area (Å²) in [4.78, 5) is 30.7. The molecule has 0 radical (unpaired) electrons. The third-order valence-corrected chi connectivity index (χ3v) is 4.10. The lowest BCUT2D eigenvalue weighted by atomic mass is 10.1. The number of imide groups is 1. The number of rotatable bonds is 2. The molecule has 116 valence electrons. The van der Waals surface area contributed by atoms with E-state index >= 15 is 0 Å². The summed E-state index contributed by atoms with van der Waals surface area (Å²) in [7, 11) is 0. The van der Waals surface area contributed by atoms with Crippen molar-refractivity contribution in [2.45, 2.75) is 6.92 Å². The molecule has 1 aliphatic rings. The van der Waals surface area contributed by atoms with Gasteiger partial charge in [-0.05, 0) is 43.3 Å². The second kappa shape index (κ2) is 5.42. The fraction of sp³-hybridized carbons (Fsp3) is 0.0500. The standard InChI is InChI=1S/C20H14N2O2/c1-13-5-4-8-18(21-13)14-9-11-15(12-10-14)22-19(23)16-6-2-3-7-17(16)20(22)24/h2-12H,1H3. The monoisotopic (exact) mass is 314 g/mol. The van der Waals surface area contributed by atoms with E-state index in [1.165, 1.54) is 4.90 Å². The number of nitrogens with zero attached hydrogens (tertiary/aromatic N) is 2. The molecular weight excluding hydrogens is 300 g/mol. The van der Waals surface area contributed by atoms with Gasteiger partial charge in [-0.1, -0.05) is 30.3 Å². The Morgan fingerprint density at radius 3 is 1.96 bits per heavy atom. The first-order valence-corrected chi connectivity index (χ1v) is 7.67. The van der Waals surface area contributed by atoms with Crippen LogP contribution < -0.4 is 4.90 Å². The number of hydrogen-bond donors (Lipinski definition) is 0. The zero-order valence-electron chi connectivity index (χ0n) is 13.1. The van der Waals surface area contributed by atoms with Crippen LogP contribution in [0.3, 0.4) is 0 Å². The number of fused-ring (bicyclic) bond motifs is 1. The van der Waals surface area contributed by atoms with Crippen LogP contribution in [0.4, 0.5) is 5.69 Å². The molecule has 0 unspecified atom stereocenters. The molecule has 2 amide bonds. The Morgan fingerprint density at radius 1 is 0.750 bits per heavy atom. The molecular formula is C20H14N2O2. The Bertz CT molecular complexity index is 926. The van der Waals surface area contributed by atoms with Gasteiger partial charge in [0.1, 0.15) is 0 Å². The van der Waals surface area contributed by atoms with Gasteiger partial charge in [0.2, 0.25) is 0 Å². The first-order valence-electron chi connectivity index (χ1n) is 7.67. The van der Waals surface area contributed by atoms with Crippen LogP contribution in [0, 0.1) is 6.92 Å². The summed E-state index contributed by atoms with van der Waals surface area (Å²) in [6.07, 6.45) is 0. The highest BCUT2D eigenvalue weighted by Gasteiger charge is 2.36. The molecule has 4 heteroatoms. The SMILES string of the molecule is Cc1cccc(-c2ccc(N3C(=O)c4ccccc4C3=O)cc2)n1. The Kier molecular flexibility index (Phi) is 3.24. The summed E-state index contributed by atoms with van der Waals surface area (Å²) >= 11 is 0. The predicted octanol–water partition coefficient (Wildman–Crippen LogP) is 3.86. The average molecular weight is 314 g/mol. The fourth-order valence-electron chi connectivity index (χ4n) is 2.91. The number of carbonyl (C=O) groups is 2. The summed E-state index contributed by atoms with van der Waals surface area (Å²) < 4.78 is 0. The molecule has 0 fully saturated rings. The van der Waals surface area contributed by atoms with Crippen molar-refractivity contribution in [1.29, 1.82) is 0 Å². The van der Waals surface area contributed by atoms with E-state index in [2.05, 4.69) is 4.98 Å². The fourth-order valence-corrected chi connectivity index (χ4v) is 2.91. The molecule has 3 aromatic rings. The van der Waals surface area contributed by atoms with E-state index in [0.29, 0.717) is 16.8 Å². The van der Waals surface area contributed by atoms with Crippen molar-refractivity contribution in [2.24, 2.45) is 0 Å². The van der Waals surface area contributed by atoms with Crippen molar-refractivity contribution in [2.75, 3.05) is 4.90 Å². The molecule has 4 nitrogen and oxygen atoms in total. The number of carbonyl (C=O) groups excluding carboxylic acids is 2. The lowest BCUT2D eigenvalue weighted by Gasteiger charge is -2.14. The van der Waals surface area contributed by atoms with E-state index in [4.69, 9.17) is 0 Å². The van der Waals surface area contributed by atoms with E-state index in [9.17, 15) is 9.59 Å². The third-order valence-electron chi connectivity index (χ3n) is 4.10. The lowest BCUT2D eigenvalue weighted by molar-refractivity contribution is 0.0926. The number of anilines is 1. The number of aromatic nitrogens is 1. The minimum absolute atomic E-state index is 0.281. The van der Waals surface area contributed by atoms with Gasteiger partial charge in [0.25, 0.3) is 11.8 Å². The molecule has 2 aromatic carbocycles. The number of amides is 2. The van der Waals surface area contributed by atoms with Gasteiger partial charge in [-0.3, -0.25) is 14.6 Å². The van der Waals surface area contributed by atoms with Gasteiger partial charge >= 0.3 is 0 Å². The zero-order chi connectivity index (χ0) is 16.7. The number of hydrogen-bond acceptors (Lipinski definition) is 3. The van der Waals surface area contributed by atoms with Crippen molar-refractivity contribution in [3.63, 3.8) is 0 Å². The highest BCUT2D eigenvalue weighted by atomic mass is 16.2. The maximum absolute atomic E-state index is 12.5. The molecule has 4 rings (SSSR count). The zero-order valence-corrected chi connectivity index (χ0v) is 13.1. The summed E-state index contributed by atoms with van der Waals surface area (Å²) in [5.41, 5.74) is 4.22. The van der Waals surface area contributed by atoms with Crippen molar-refractivity contribution in [3.05, 3.63) is 83.6 Å². The van der Waals surface area contributed by atoms with Crippen molar-refractivity contribution >= 4 is 17.5 Å². The first kappa shape index (κ1) is 14.3. The quantitative estimate of drug-likeness (QED) is 0.675.